The monoisotopic (exact) mass is 369 g/mol. The minimum absolute atomic E-state index is 0.339. The molecule has 132 valence electrons. The molecule has 0 spiro atoms. The minimum Gasteiger partial charge on any atom is -0.411 e. The summed E-state index contributed by atoms with van der Waals surface area (Å²) in [4.78, 5) is 26.9. The highest BCUT2D eigenvalue weighted by Crippen LogP contribution is 2.30. The van der Waals surface area contributed by atoms with Crippen LogP contribution >= 0.6 is 11.8 Å². The smallest absolute Gasteiger partial charge is 0.330 e. The van der Waals surface area contributed by atoms with Crippen molar-refractivity contribution in [3.8, 4) is 11.5 Å². The van der Waals surface area contributed by atoms with Crippen molar-refractivity contribution in [2.75, 3.05) is 0 Å². The Hall–Kier alpha value is -3.07. The number of thioether (sulfide) groups is 1. The molecule has 1 aromatic carbocycles. The van der Waals surface area contributed by atoms with Gasteiger partial charge in [-0.2, -0.15) is 0 Å². The first kappa shape index (κ1) is 16.4. The highest BCUT2D eigenvalue weighted by atomic mass is 32.2. The summed E-state index contributed by atoms with van der Waals surface area (Å²) in [7, 11) is 3.08. The second-order valence-electron chi connectivity index (χ2n) is 5.78. The Bertz CT molecular complexity index is 1220. The van der Waals surface area contributed by atoms with Gasteiger partial charge in [-0.3, -0.25) is 13.9 Å². The Labute approximate surface area is 151 Å². The van der Waals surface area contributed by atoms with Gasteiger partial charge < -0.3 is 9.40 Å². The van der Waals surface area contributed by atoms with Crippen LogP contribution in [0.15, 0.2) is 55.8 Å². The quantitative estimate of drug-likeness (QED) is 0.552. The summed E-state index contributed by atoms with van der Waals surface area (Å²) in [5.74, 6) is 0.792. The summed E-state index contributed by atoms with van der Waals surface area (Å²) in [6, 6.07) is 9.29. The average molecular weight is 369 g/mol. The van der Waals surface area contributed by atoms with E-state index in [1.807, 2.05) is 30.5 Å². The van der Waals surface area contributed by atoms with Crippen LogP contribution < -0.4 is 11.2 Å². The van der Waals surface area contributed by atoms with E-state index in [9.17, 15) is 9.59 Å². The predicted molar refractivity (Wildman–Crippen MR) is 98.1 cm³/mol. The molecule has 0 aliphatic heterocycles. The molecule has 0 fully saturated rings. The molecule has 0 amide bonds. The van der Waals surface area contributed by atoms with Crippen molar-refractivity contribution in [3.05, 3.63) is 63.1 Å². The molecule has 0 saturated carbocycles. The number of benzene rings is 1. The number of aromatic amines is 1. The third-order valence-electron chi connectivity index (χ3n) is 4.19. The van der Waals surface area contributed by atoms with E-state index in [-0.39, 0.29) is 11.2 Å². The van der Waals surface area contributed by atoms with Crippen LogP contribution in [0, 0.1) is 0 Å². The molecule has 9 heteroatoms. The number of rotatable bonds is 4. The number of fused-ring (bicyclic) bond motifs is 1. The lowest BCUT2D eigenvalue weighted by Gasteiger charge is -2.07. The van der Waals surface area contributed by atoms with E-state index in [0.29, 0.717) is 22.6 Å². The second kappa shape index (κ2) is 6.34. The summed E-state index contributed by atoms with van der Waals surface area (Å²) in [5, 5.41) is 9.52. The Balaban J connectivity index is 1.58. The van der Waals surface area contributed by atoms with Gasteiger partial charge in [-0.1, -0.05) is 30.0 Å². The van der Waals surface area contributed by atoms with Crippen LogP contribution in [0.2, 0.25) is 0 Å². The Morgan fingerprint density at radius 3 is 2.81 bits per heavy atom. The second-order valence-corrected chi connectivity index (χ2v) is 6.71. The highest BCUT2D eigenvalue weighted by molar-refractivity contribution is 7.98. The van der Waals surface area contributed by atoms with E-state index in [2.05, 4.69) is 15.2 Å². The number of aromatic nitrogens is 5. The van der Waals surface area contributed by atoms with Crippen LogP contribution in [-0.2, 0) is 19.8 Å². The molecule has 1 N–H and O–H groups in total. The van der Waals surface area contributed by atoms with Gasteiger partial charge in [-0.25, -0.2) is 4.79 Å². The Morgan fingerprint density at radius 1 is 1.15 bits per heavy atom. The predicted octanol–water partition coefficient (Wildman–Crippen LogP) is 1.91. The minimum atomic E-state index is -0.363. The fourth-order valence-electron chi connectivity index (χ4n) is 2.68. The third-order valence-corrected chi connectivity index (χ3v) is 5.05. The summed E-state index contributed by atoms with van der Waals surface area (Å²) in [5.41, 5.74) is 1.72. The van der Waals surface area contributed by atoms with E-state index >= 15 is 0 Å². The number of nitrogens with one attached hydrogen (secondary N) is 1. The SMILES string of the molecule is Cn1c(CSc2nnc(-c3c[nH]c4ccccc34)o2)cc(=O)n(C)c1=O. The van der Waals surface area contributed by atoms with Gasteiger partial charge in [-0.15, -0.1) is 10.2 Å². The summed E-state index contributed by atoms with van der Waals surface area (Å²) in [6.45, 7) is 0. The van der Waals surface area contributed by atoms with Crippen LogP contribution in [0.1, 0.15) is 5.69 Å². The summed E-state index contributed by atoms with van der Waals surface area (Å²) < 4.78 is 8.23. The lowest BCUT2D eigenvalue weighted by molar-refractivity contribution is 0.466. The maximum atomic E-state index is 12.0. The molecule has 0 unspecified atom stereocenters. The average Bonchev–Trinajstić information content (AvgIpc) is 3.28. The van der Waals surface area contributed by atoms with Crippen LogP contribution in [0.3, 0.4) is 0 Å². The standard InChI is InChI=1S/C17H15N5O3S/c1-21-10(7-14(23)22(2)17(21)24)9-26-16-20-19-15(25-16)12-8-18-13-6-4-3-5-11(12)13/h3-8,18H,9H2,1-2H3. The van der Waals surface area contributed by atoms with Gasteiger partial charge in [0, 0.05) is 48.7 Å². The lowest BCUT2D eigenvalue weighted by Crippen LogP contribution is -2.37. The molecule has 26 heavy (non-hydrogen) atoms. The fraction of sp³-hybridized carbons (Fsp3) is 0.176. The Morgan fingerprint density at radius 2 is 1.96 bits per heavy atom. The maximum absolute atomic E-state index is 12.0. The molecule has 4 rings (SSSR count). The zero-order valence-electron chi connectivity index (χ0n) is 14.1. The highest BCUT2D eigenvalue weighted by Gasteiger charge is 2.14. The van der Waals surface area contributed by atoms with Gasteiger partial charge >= 0.3 is 5.69 Å². The zero-order valence-corrected chi connectivity index (χ0v) is 14.9. The normalized spacial score (nSPS) is 11.3. The maximum Gasteiger partial charge on any atom is 0.330 e. The fourth-order valence-corrected chi connectivity index (χ4v) is 3.46. The van der Waals surface area contributed by atoms with E-state index in [1.165, 1.54) is 29.4 Å². The van der Waals surface area contributed by atoms with E-state index in [0.717, 1.165) is 21.0 Å². The van der Waals surface area contributed by atoms with Crippen LogP contribution in [0.5, 0.6) is 0 Å². The van der Waals surface area contributed by atoms with Crippen molar-refractivity contribution in [1.82, 2.24) is 24.3 Å². The molecule has 4 aromatic rings. The number of hydrogen-bond acceptors (Lipinski definition) is 6. The third kappa shape index (κ3) is 2.76. The summed E-state index contributed by atoms with van der Waals surface area (Å²) >= 11 is 1.28. The number of hydrogen-bond donors (Lipinski definition) is 1. The number of para-hydroxylation sites is 1. The molecule has 0 radical (unpaired) electrons. The van der Waals surface area contributed by atoms with Gasteiger partial charge in [0.1, 0.15) is 0 Å². The Kier molecular flexibility index (Phi) is 4.00. The van der Waals surface area contributed by atoms with Crippen molar-refractivity contribution in [1.29, 1.82) is 0 Å². The van der Waals surface area contributed by atoms with Gasteiger partial charge in [-0.05, 0) is 6.07 Å². The first-order chi connectivity index (χ1) is 12.5. The van der Waals surface area contributed by atoms with Crippen molar-refractivity contribution >= 4 is 22.7 Å². The molecule has 0 atom stereocenters. The molecule has 0 aliphatic rings. The van der Waals surface area contributed by atoms with Crippen molar-refractivity contribution < 1.29 is 4.42 Å². The first-order valence-electron chi connectivity index (χ1n) is 7.83. The molecule has 0 saturated heterocycles. The topological polar surface area (TPSA) is 98.7 Å². The molecular formula is C17H15N5O3S. The van der Waals surface area contributed by atoms with Crippen LogP contribution in [-0.4, -0.2) is 24.3 Å². The molecule has 0 bridgehead atoms. The van der Waals surface area contributed by atoms with Crippen molar-refractivity contribution in [2.24, 2.45) is 14.1 Å². The van der Waals surface area contributed by atoms with Crippen molar-refractivity contribution in [2.45, 2.75) is 11.0 Å². The van der Waals surface area contributed by atoms with Crippen LogP contribution in [0.25, 0.3) is 22.4 Å². The number of H-pyrrole nitrogens is 1. The molecule has 8 nitrogen and oxygen atoms in total. The molecule has 3 heterocycles. The largest absolute Gasteiger partial charge is 0.411 e. The van der Waals surface area contributed by atoms with E-state index in [4.69, 9.17) is 4.42 Å². The zero-order chi connectivity index (χ0) is 18.3. The lowest BCUT2D eigenvalue weighted by atomic mass is 10.2. The van der Waals surface area contributed by atoms with E-state index < -0.39 is 0 Å². The molecule has 3 aromatic heterocycles. The molecule has 0 aliphatic carbocycles. The van der Waals surface area contributed by atoms with Gasteiger partial charge in [0.25, 0.3) is 16.7 Å². The number of nitrogens with zero attached hydrogens (tertiary/aromatic N) is 4. The van der Waals surface area contributed by atoms with E-state index in [1.54, 1.807) is 7.05 Å². The van der Waals surface area contributed by atoms with Gasteiger partial charge in [0.05, 0.1) is 5.56 Å². The molecular weight excluding hydrogens is 354 g/mol. The van der Waals surface area contributed by atoms with Gasteiger partial charge in [0.15, 0.2) is 0 Å². The summed E-state index contributed by atoms with van der Waals surface area (Å²) in [6.07, 6.45) is 1.83. The van der Waals surface area contributed by atoms with Crippen LogP contribution in [0.4, 0.5) is 0 Å². The first-order valence-corrected chi connectivity index (χ1v) is 8.82. The van der Waals surface area contributed by atoms with Gasteiger partial charge in [0.2, 0.25) is 0 Å². The van der Waals surface area contributed by atoms with Crippen molar-refractivity contribution in [3.63, 3.8) is 0 Å².